The average Bonchev–Trinajstić information content (AvgIpc) is 2.85. The molecular weight excluding hydrogens is 283 g/mol. The molecule has 4 nitrogen and oxygen atoms in total. The molecule has 0 aliphatic rings. The topological polar surface area (TPSA) is 39.1 Å². The van der Waals surface area contributed by atoms with Crippen molar-refractivity contribution in [1.29, 1.82) is 0 Å². The first-order valence-corrected chi connectivity index (χ1v) is 7.36. The molecule has 0 saturated heterocycles. The number of nitrogens with zero attached hydrogens (tertiary/aromatic N) is 2. The second-order valence-electron chi connectivity index (χ2n) is 5.00. The summed E-state index contributed by atoms with van der Waals surface area (Å²) in [4.78, 5) is 0. The van der Waals surface area contributed by atoms with Crippen LogP contribution in [0.2, 0.25) is 0 Å². The fourth-order valence-corrected chi connectivity index (χ4v) is 2.01. The number of aryl methyl sites for hydroxylation is 1. The van der Waals surface area contributed by atoms with Crippen LogP contribution < -0.4 is 5.32 Å². The van der Waals surface area contributed by atoms with Crippen LogP contribution in [0.15, 0.2) is 12.4 Å². The molecule has 7 heteroatoms. The van der Waals surface area contributed by atoms with Gasteiger partial charge in [0, 0.05) is 31.0 Å². The van der Waals surface area contributed by atoms with Gasteiger partial charge in [-0.05, 0) is 25.8 Å². The quantitative estimate of drug-likeness (QED) is 0.674. The van der Waals surface area contributed by atoms with Crippen molar-refractivity contribution in [1.82, 2.24) is 15.1 Å². The minimum Gasteiger partial charge on any atom is -0.372 e. The molecule has 0 spiro atoms. The Morgan fingerprint density at radius 1 is 1.33 bits per heavy atom. The highest BCUT2D eigenvalue weighted by molar-refractivity contribution is 5.10. The summed E-state index contributed by atoms with van der Waals surface area (Å²) in [5, 5.41) is 7.58. The second kappa shape index (κ2) is 9.04. The Kier molecular flexibility index (Phi) is 7.74. The molecule has 1 atom stereocenters. The van der Waals surface area contributed by atoms with E-state index in [0.717, 1.165) is 31.5 Å². The number of rotatable bonds is 10. The minimum atomic E-state index is -4.27. The number of hydrogen-bond donors (Lipinski definition) is 1. The first-order chi connectivity index (χ1) is 9.96. The molecular formula is C14H24F3N3O. The molecule has 0 amide bonds. The highest BCUT2D eigenvalue weighted by Crippen LogP contribution is 2.18. The lowest BCUT2D eigenvalue weighted by molar-refractivity contribution is -0.174. The Morgan fingerprint density at radius 2 is 2.10 bits per heavy atom. The molecule has 0 fully saturated rings. The number of aromatic nitrogens is 2. The summed E-state index contributed by atoms with van der Waals surface area (Å²) in [5.41, 5.74) is 0.993. The fraction of sp³-hybridized carbons (Fsp3) is 0.786. The van der Waals surface area contributed by atoms with E-state index in [0.29, 0.717) is 6.42 Å². The van der Waals surface area contributed by atoms with E-state index in [1.54, 1.807) is 6.20 Å². The highest BCUT2D eigenvalue weighted by atomic mass is 19.4. The van der Waals surface area contributed by atoms with Crippen LogP contribution >= 0.6 is 0 Å². The first kappa shape index (κ1) is 18.0. The van der Waals surface area contributed by atoms with Gasteiger partial charge in [0.05, 0.1) is 6.20 Å². The van der Waals surface area contributed by atoms with Gasteiger partial charge in [-0.25, -0.2) is 0 Å². The zero-order valence-corrected chi connectivity index (χ0v) is 12.6. The van der Waals surface area contributed by atoms with Gasteiger partial charge in [0.15, 0.2) is 0 Å². The summed E-state index contributed by atoms with van der Waals surface area (Å²) >= 11 is 0. The van der Waals surface area contributed by atoms with E-state index < -0.39 is 12.8 Å². The zero-order valence-electron chi connectivity index (χ0n) is 12.6. The first-order valence-electron chi connectivity index (χ1n) is 7.36. The fourth-order valence-electron chi connectivity index (χ4n) is 2.01. The number of alkyl halides is 3. The Bertz CT molecular complexity index is 393. The van der Waals surface area contributed by atoms with E-state index in [4.69, 9.17) is 4.74 Å². The number of hydrogen-bond acceptors (Lipinski definition) is 3. The van der Waals surface area contributed by atoms with Crippen LogP contribution in [0.1, 0.15) is 44.7 Å². The van der Waals surface area contributed by atoms with Crippen molar-refractivity contribution in [3.63, 3.8) is 0 Å². The Labute approximate surface area is 123 Å². The predicted molar refractivity (Wildman–Crippen MR) is 75.0 cm³/mol. The molecule has 1 unspecified atom stereocenters. The van der Waals surface area contributed by atoms with Gasteiger partial charge in [0.1, 0.15) is 6.61 Å². The standard InChI is InChI=1S/C14H24F3N3O/c1-3-6-18-13(5-8-21-11-14(15,16)17)12-9-19-20(10-12)7-4-2/h9-10,13,18H,3-8,11H2,1-2H3. The summed E-state index contributed by atoms with van der Waals surface area (Å²) in [6, 6.07) is -0.0243. The van der Waals surface area contributed by atoms with Gasteiger partial charge in [-0.3, -0.25) is 4.68 Å². The largest absolute Gasteiger partial charge is 0.411 e. The molecule has 0 aliphatic heterocycles. The SMILES string of the molecule is CCCNC(CCOCC(F)(F)F)c1cnn(CCC)c1. The number of halogens is 3. The van der Waals surface area contributed by atoms with Gasteiger partial charge in [-0.1, -0.05) is 13.8 Å². The van der Waals surface area contributed by atoms with E-state index in [-0.39, 0.29) is 12.6 Å². The van der Waals surface area contributed by atoms with E-state index in [1.807, 2.05) is 17.8 Å². The van der Waals surface area contributed by atoms with Crippen molar-refractivity contribution >= 4 is 0 Å². The molecule has 0 radical (unpaired) electrons. The summed E-state index contributed by atoms with van der Waals surface area (Å²) < 4.78 is 42.7. The number of nitrogens with one attached hydrogen (secondary N) is 1. The third kappa shape index (κ3) is 7.47. The lowest BCUT2D eigenvalue weighted by Gasteiger charge is -2.17. The zero-order chi connectivity index (χ0) is 15.7. The summed E-state index contributed by atoms with van der Waals surface area (Å²) in [5.74, 6) is 0. The molecule has 1 heterocycles. The molecule has 1 rings (SSSR count). The molecule has 0 bridgehead atoms. The lowest BCUT2D eigenvalue weighted by Crippen LogP contribution is -2.24. The van der Waals surface area contributed by atoms with Gasteiger partial charge < -0.3 is 10.1 Å². The minimum absolute atomic E-state index is 0.0243. The maximum atomic E-state index is 12.0. The molecule has 122 valence electrons. The third-order valence-electron chi connectivity index (χ3n) is 2.97. The Balaban J connectivity index is 2.49. The molecule has 0 aromatic carbocycles. The van der Waals surface area contributed by atoms with E-state index in [2.05, 4.69) is 17.3 Å². The van der Waals surface area contributed by atoms with Crippen LogP contribution in [0, 0.1) is 0 Å². The monoisotopic (exact) mass is 307 g/mol. The van der Waals surface area contributed by atoms with E-state index in [1.165, 1.54) is 0 Å². The predicted octanol–water partition coefficient (Wildman–Crippen LogP) is 3.30. The van der Waals surface area contributed by atoms with Gasteiger partial charge in [0.25, 0.3) is 0 Å². The van der Waals surface area contributed by atoms with Crippen molar-refractivity contribution in [2.75, 3.05) is 19.8 Å². The highest BCUT2D eigenvalue weighted by Gasteiger charge is 2.27. The summed E-state index contributed by atoms with van der Waals surface area (Å²) in [6.45, 7) is 4.64. The molecule has 21 heavy (non-hydrogen) atoms. The van der Waals surface area contributed by atoms with Crippen molar-refractivity contribution < 1.29 is 17.9 Å². The van der Waals surface area contributed by atoms with Crippen molar-refractivity contribution in [3.05, 3.63) is 18.0 Å². The Morgan fingerprint density at radius 3 is 2.71 bits per heavy atom. The second-order valence-corrected chi connectivity index (χ2v) is 5.00. The molecule has 1 N–H and O–H groups in total. The average molecular weight is 307 g/mol. The normalized spacial score (nSPS) is 13.6. The van der Waals surface area contributed by atoms with E-state index >= 15 is 0 Å². The van der Waals surface area contributed by atoms with Gasteiger partial charge in [-0.15, -0.1) is 0 Å². The molecule has 0 saturated carbocycles. The van der Waals surface area contributed by atoms with Crippen LogP contribution in [0.5, 0.6) is 0 Å². The summed E-state index contributed by atoms with van der Waals surface area (Å²) in [7, 11) is 0. The lowest BCUT2D eigenvalue weighted by atomic mass is 10.1. The maximum absolute atomic E-state index is 12.0. The number of ether oxygens (including phenoxy) is 1. The van der Waals surface area contributed by atoms with Crippen LogP contribution in [0.25, 0.3) is 0 Å². The van der Waals surface area contributed by atoms with Crippen LogP contribution in [0.3, 0.4) is 0 Å². The third-order valence-corrected chi connectivity index (χ3v) is 2.97. The maximum Gasteiger partial charge on any atom is 0.411 e. The van der Waals surface area contributed by atoms with E-state index in [9.17, 15) is 13.2 Å². The van der Waals surface area contributed by atoms with Crippen molar-refractivity contribution in [3.8, 4) is 0 Å². The molecule has 1 aromatic heterocycles. The van der Waals surface area contributed by atoms with Gasteiger partial charge in [0.2, 0.25) is 0 Å². The van der Waals surface area contributed by atoms with Crippen LogP contribution in [-0.4, -0.2) is 35.7 Å². The molecule has 1 aromatic rings. The smallest absolute Gasteiger partial charge is 0.372 e. The van der Waals surface area contributed by atoms with Crippen molar-refractivity contribution in [2.24, 2.45) is 0 Å². The van der Waals surface area contributed by atoms with Crippen LogP contribution in [0.4, 0.5) is 13.2 Å². The van der Waals surface area contributed by atoms with Crippen molar-refractivity contribution in [2.45, 2.75) is 51.9 Å². The molecule has 0 aliphatic carbocycles. The van der Waals surface area contributed by atoms with Gasteiger partial charge >= 0.3 is 6.18 Å². The van der Waals surface area contributed by atoms with Gasteiger partial charge in [-0.2, -0.15) is 18.3 Å². The summed E-state index contributed by atoms with van der Waals surface area (Å²) in [6.07, 6.45) is 1.89. The van der Waals surface area contributed by atoms with Crippen LogP contribution in [-0.2, 0) is 11.3 Å². The Hall–Kier alpha value is -1.08.